The molecule has 5 nitrogen and oxygen atoms in total. The van der Waals surface area contributed by atoms with Gasteiger partial charge in [-0.15, -0.1) is 11.3 Å². The molecule has 0 spiro atoms. The van der Waals surface area contributed by atoms with E-state index in [2.05, 4.69) is 16.3 Å². The fraction of sp³-hybridized carbons (Fsp3) is 0.524. The summed E-state index contributed by atoms with van der Waals surface area (Å²) in [6.45, 7) is 1.46. The van der Waals surface area contributed by atoms with Crippen molar-refractivity contribution < 1.29 is 9.21 Å². The molecule has 1 fully saturated rings. The van der Waals surface area contributed by atoms with Crippen molar-refractivity contribution in [3.05, 3.63) is 40.2 Å². The summed E-state index contributed by atoms with van der Waals surface area (Å²) >= 11 is 1.58. The second-order valence-corrected chi connectivity index (χ2v) is 8.56. The number of nitrogens with zero attached hydrogens (tertiary/aromatic N) is 2. The minimum Gasteiger partial charge on any atom is -0.468 e. The number of nitriles is 1. The van der Waals surface area contributed by atoms with Gasteiger partial charge in [-0.05, 0) is 49.8 Å². The van der Waals surface area contributed by atoms with Crippen molar-refractivity contribution in [2.75, 3.05) is 11.9 Å². The van der Waals surface area contributed by atoms with Gasteiger partial charge in [-0.25, -0.2) is 0 Å². The highest BCUT2D eigenvalue weighted by Gasteiger charge is 2.25. The van der Waals surface area contributed by atoms with Crippen molar-refractivity contribution in [2.24, 2.45) is 0 Å². The van der Waals surface area contributed by atoms with Crippen molar-refractivity contribution in [1.82, 2.24) is 4.90 Å². The summed E-state index contributed by atoms with van der Waals surface area (Å²) in [5.74, 6) is 0.942. The number of hydrogen-bond acceptors (Lipinski definition) is 5. The van der Waals surface area contributed by atoms with Crippen LogP contribution in [0.15, 0.2) is 22.8 Å². The normalized spacial score (nSPS) is 16.6. The zero-order valence-electron chi connectivity index (χ0n) is 15.5. The van der Waals surface area contributed by atoms with Crippen LogP contribution in [0.3, 0.4) is 0 Å². The van der Waals surface area contributed by atoms with Crippen LogP contribution in [0.5, 0.6) is 0 Å². The van der Waals surface area contributed by atoms with Crippen LogP contribution >= 0.6 is 11.3 Å². The van der Waals surface area contributed by atoms with E-state index in [1.807, 2.05) is 12.1 Å². The first-order valence-corrected chi connectivity index (χ1v) is 10.7. The molecule has 0 saturated heterocycles. The Labute approximate surface area is 164 Å². The average Bonchev–Trinajstić information content (AvgIpc) is 3.43. The van der Waals surface area contributed by atoms with Gasteiger partial charge in [0.1, 0.15) is 16.8 Å². The van der Waals surface area contributed by atoms with Crippen LogP contribution in [-0.2, 0) is 24.2 Å². The number of amides is 1. The highest BCUT2D eigenvalue weighted by molar-refractivity contribution is 7.16. The van der Waals surface area contributed by atoms with Gasteiger partial charge < -0.3 is 9.73 Å². The summed E-state index contributed by atoms with van der Waals surface area (Å²) in [5.41, 5.74) is 1.84. The third kappa shape index (κ3) is 4.10. The van der Waals surface area contributed by atoms with E-state index in [-0.39, 0.29) is 5.91 Å². The van der Waals surface area contributed by atoms with Crippen molar-refractivity contribution in [1.29, 1.82) is 5.26 Å². The van der Waals surface area contributed by atoms with Gasteiger partial charge in [0.15, 0.2) is 0 Å². The minimum atomic E-state index is -0.00568. The summed E-state index contributed by atoms with van der Waals surface area (Å²) in [7, 11) is 0. The second kappa shape index (κ2) is 8.28. The number of carbonyl (C=O) groups excluding carboxylic acids is 1. The lowest BCUT2D eigenvalue weighted by molar-refractivity contribution is -0.116. The number of aryl methyl sites for hydroxylation is 1. The van der Waals surface area contributed by atoms with Crippen molar-refractivity contribution in [3.63, 3.8) is 0 Å². The molecule has 2 aliphatic rings. The van der Waals surface area contributed by atoms with Crippen LogP contribution in [0.25, 0.3) is 0 Å². The molecular formula is C21H25N3O2S. The van der Waals surface area contributed by atoms with Gasteiger partial charge in [0.2, 0.25) is 5.91 Å². The lowest BCUT2D eigenvalue weighted by Crippen LogP contribution is -2.35. The molecule has 2 aromatic heterocycles. The smallest absolute Gasteiger partial charge is 0.226 e. The molecule has 0 bridgehead atoms. The molecule has 0 aliphatic heterocycles. The maximum atomic E-state index is 12.6. The average molecular weight is 384 g/mol. The summed E-state index contributed by atoms with van der Waals surface area (Å²) in [5, 5.41) is 13.2. The number of anilines is 1. The van der Waals surface area contributed by atoms with E-state index < -0.39 is 0 Å². The third-order valence-corrected chi connectivity index (χ3v) is 6.90. The Morgan fingerprint density at radius 3 is 2.93 bits per heavy atom. The van der Waals surface area contributed by atoms with Gasteiger partial charge in [-0.2, -0.15) is 5.26 Å². The number of carbonyl (C=O) groups is 1. The molecule has 6 heteroatoms. The molecule has 1 saturated carbocycles. The number of fused-ring (bicyclic) bond motifs is 1. The van der Waals surface area contributed by atoms with Gasteiger partial charge >= 0.3 is 0 Å². The highest BCUT2D eigenvalue weighted by Crippen LogP contribution is 2.38. The topological polar surface area (TPSA) is 69.3 Å². The Bertz CT molecular complexity index is 828. The molecule has 1 amide bonds. The Kier molecular flexibility index (Phi) is 5.61. The van der Waals surface area contributed by atoms with Gasteiger partial charge in [0.05, 0.1) is 18.4 Å². The predicted molar refractivity (Wildman–Crippen MR) is 106 cm³/mol. The molecule has 1 N–H and O–H groups in total. The van der Waals surface area contributed by atoms with Crippen molar-refractivity contribution in [2.45, 2.75) is 64.0 Å². The van der Waals surface area contributed by atoms with Crippen LogP contribution in [0.4, 0.5) is 5.00 Å². The van der Waals surface area contributed by atoms with Gasteiger partial charge in [0, 0.05) is 23.9 Å². The summed E-state index contributed by atoms with van der Waals surface area (Å²) in [4.78, 5) is 16.2. The van der Waals surface area contributed by atoms with Gasteiger partial charge in [0.25, 0.3) is 0 Å². The molecule has 27 heavy (non-hydrogen) atoms. The first-order chi connectivity index (χ1) is 13.2. The second-order valence-electron chi connectivity index (χ2n) is 7.46. The van der Waals surface area contributed by atoms with Crippen LogP contribution in [0, 0.1) is 11.3 Å². The first kappa shape index (κ1) is 18.3. The Morgan fingerprint density at radius 1 is 1.33 bits per heavy atom. The fourth-order valence-electron chi connectivity index (χ4n) is 4.31. The van der Waals surface area contributed by atoms with Gasteiger partial charge in [-0.1, -0.05) is 12.8 Å². The Morgan fingerprint density at radius 2 is 2.19 bits per heavy atom. The largest absolute Gasteiger partial charge is 0.468 e. The molecule has 2 heterocycles. The van der Waals surface area contributed by atoms with E-state index in [0.717, 1.165) is 42.1 Å². The van der Waals surface area contributed by atoms with E-state index in [4.69, 9.17) is 4.42 Å². The van der Waals surface area contributed by atoms with E-state index in [1.54, 1.807) is 17.6 Å². The van der Waals surface area contributed by atoms with E-state index in [9.17, 15) is 10.1 Å². The first-order valence-electron chi connectivity index (χ1n) is 9.85. The molecule has 0 radical (unpaired) electrons. The molecule has 0 atom stereocenters. The molecular weight excluding hydrogens is 358 g/mol. The molecule has 4 rings (SSSR count). The number of furan rings is 1. The maximum Gasteiger partial charge on any atom is 0.226 e. The Hall–Kier alpha value is -2.10. The quantitative estimate of drug-likeness (QED) is 0.766. The SMILES string of the molecule is N#Cc1c(NC(=O)CCN(Cc2ccco2)C2CCCC2)sc2c1CCC2. The fourth-order valence-corrected chi connectivity index (χ4v) is 5.56. The standard InChI is InChI=1S/C21H25N3O2S/c22-13-18-17-8-3-9-19(17)27-21(18)23-20(25)10-11-24(15-5-1-2-6-15)14-16-7-4-12-26-16/h4,7,12,15H,1-3,5-6,8-11,14H2,(H,23,25). The van der Waals surface area contributed by atoms with Gasteiger partial charge in [-0.3, -0.25) is 9.69 Å². The monoisotopic (exact) mass is 383 g/mol. The van der Waals surface area contributed by atoms with Crippen molar-refractivity contribution >= 4 is 22.2 Å². The molecule has 2 aliphatic carbocycles. The predicted octanol–water partition coefficient (Wildman–Crippen LogP) is 4.47. The maximum absolute atomic E-state index is 12.6. The van der Waals surface area contributed by atoms with Crippen molar-refractivity contribution in [3.8, 4) is 6.07 Å². The van der Waals surface area contributed by atoms with Crippen LogP contribution in [-0.4, -0.2) is 23.4 Å². The number of thiophene rings is 1. The van der Waals surface area contributed by atoms with Crippen LogP contribution < -0.4 is 5.32 Å². The summed E-state index contributed by atoms with van der Waals surface area (Å²) in [6, 6.07) is 6.73. The Balaban J connectivity index is 1.37. The highest BCUT2D eigenvalue weighted by atomic mass is 32.1. The van der Waals surface area contributed by atoms with Crippen LogP contribution in [0.1, 0.15) is 60.3 Å². The number of hydrogen-bond donors (Lipinski definition) is 1. The minimum absolute atomic E-state index is 0.00568. The molecule has 0 aromatic carbocycles. The molecule has 142 valence electrons. The van der Waals surface area contributed by atoms with Crippen LogP contribution in [0.2, 0.25) is 0 Å². The number of rotatable bonds is 7. The van der Waals surface area contributed by atoms with E-state index in [1.165, 1.54) is 30.6 Å². The summed E-state index contributed by atoms with van der Waals surface area (Å²) < 4.78 is 5.51. The van der Waals surface area contributed by atoms with E-state index >= 15 is 0 Å². The summed E-state index contributed by atoms with van der Waals surface area (Å²) in [6.07, 6.45) is 10.2. The number of nitrogens with one attached hydrogen (secondary N) is 1. The lowest BCUT2D eigenvalue weighted by atomic mass is 10.1. The zero-order chi connectivity index (χ0) is 18.6. The molecule has 2 aromatic rings. The third-order valence-electron chi connectivity index (χ3n) is 5.69. The zero-order valence-corrected chi connectivity index (χ0v) is 16.3. The lowest BCUT2D eigenvalue weighted by Gasteiger charge is -2.27. The molecule has 0 unspecified atom stereocenters. The van der Waals surface area contributed by atoms with E-state index in [0.29, 0.717) is 24.6 Å².